The molecule has 20 heavy (non-hydrogen) atoms. The van der Waals surface area contributed by atoms with Crippen LogP contribution in [0.4, 0.5) is 0 Å². The van der Waals surface area contributed by atoms with Gasteiger partial charge < -0.3 is 4.90 Å². The van der Waals surface area contributed by atoms with E-state index in [0.29, 0.717) is 18.7 Å². The van der Waals surface area contributed by atoms with Gasteiger partial charge in [0.05, 0.1) is 5.56 Å². The second-order valence-electron chi connectivity index (χ2n) is 4.35. The summed E-state index contributed by atoms with van der Waals surface area (Å²) < 4.78 is 0.793. The minimum Gasteiger partial charge on any atom is -0.331 e. The van der Waals surface area contributed by atoms with Gasteiger partial charge in [-0.1, -0.05) is 36.4 Å². The molecule has 102 valence electrons. The summed E-state index contributed by atoms with van der Waals surface area (Å²) in [5.74, 6) is -0.0532. The number of nitrogens with zero attached hydrogens (tertiary/aromatic N) is 2. The predicted molar refractivity (Wildman–Crippen MR) is 83.3 cm³/mol. The van der Waals surface area contributed by atoms with Crippen LogP contribution < -0.4 is 0 Å². The van der Waals surface area contributed by atoms with Crippen LogP contribution in [0.1, 0.15) is 15.9 Å². The number of amides is 1. The fraction of sp³-hybridized carbons (Fsp3) is 0.125. The highest BCUT2D eigenvalue weighted by molar-refractivity contribution is 9.10. The second kappa shape index (κ2) is 7.01. The normalized spacial score (nSPS) is 10.1. The molecule has 1 heterocycles. The fourth-order valence-corrected chi connectivity index (χ4v) is 2.26. The molecule has 0 spiro atoms. The smallest absolute Gasteiger partial charge is 0.256 e. The van der Waals surface area contributed by atoms with Crippen molar-refractivity contribution in [2.45, 2.75) is 6.54 Å². The van der Waals surface area contributed by atoms with E-state index in [4.69, 9.17) is 0 Å². The van der Waals surface area contributed by atoms with E-state index in [9.17, 15) is 4.79 Å². The van der Waals surface area contributed by atoms with E-state index in [0.717, 1.165) is 10.0 Å². The molecule has 2 aromatic rings. The molecule has 0 N–H and O–H groups in total. The summed E-state index contributed by atoms with van der Waals surface area (Å²) in [6.07, 6.45) is 4.96. The van der Waals surface area contributed by atoms with Crippen LogP contribution in [0.5, 0.6) is 0 Å². The van der Waals surface area contributed by atoms with Crippen LogP contribution in [0, 0.1) is 0 Å². The maximum absolute atomic E-state index is 12.5. The Bertz CT molecular complexity index is 598. The van der Waals surface area contributed by atoms with Crippen molar-refractivity contribution in [2.24, 2.45) is 0 Å². The number of rotatable bonds is 5. The third-order valence-electron chi connectivity index (χ3n) is 2.80. The van der Waals surface area contributed by atoms with Gasteiger partial charge in [-0.15, -0.1) is 6.58 Å². The third-order valence-corrected chi connectivity index (χ3v) is 3.24. The number of carbonyl (C=O) groups is 1. The lowest BCUT2D eigenvalue weighted by Gasteiger charge is -2.21. The van der Waals surface area contributed by atoms with Crippen LogP contribution >= 0.6 is 15.9 Å². The van der Waals surface area contributed by atoms with Crippen molar-refractivity contribution in [3.63, 3.8) is 0 Å². The number of carbonyl (C=O) groups excluding carboxylic acids is 1. The first-order valence-corrected chi connectivity index (χ1v) is 7.04. The number of benzene rings is 1. The molecule has 1 aromatic carbocycles. The van der Waals surface area contributed by atoms with E-state index in [1.165, 1.54) is 0 Å². The average Bonchev–Trinajstić information content (AvgIpc) is 2.47. The Morgan fingerprint density at radius 3 is 2.70 bits per heavy atom. The monoisotopic (exact) mass is 330 g/mol. The van der Waals surface area contributed by atoms with E-state index in [-0.39, 0.29) is 5.91 Å². The summed E-state index contributed by atoms with van der Waals surface area (Å²) >= 11 is 3.33. The minimum atomic E-state index is -0.0532. The molecule has 2 rings (SSSR count). The van der Waals surface area contributed by atoms with Crippen molar-refractivity contribution in [2.75, 3.05) is 6.54 Å². The number of aromatic nitrogens is 1. The molecule has 1 amide bonds. The molecule has 0 aliphatic rings. The van der Waals surface area contributed by atoms with Crippen LogP contribution in [-0.2, 0) is 6.54 Å². The average molecular weight is 331 g/mol. The molecule has 0 saturated carbocycles. The van der Waals surface area contributed by atoms with Gasteiger partial charge in [-0.2, -0.15) is 0 Å². The highest BCUT2D eigenvalue weighted by Gasteiger charge is 2.15. The number of pyridine rings is 1. The van der Waals surface area contributed by atoms with E-state index in [1.54, 1.807) is 29.4 Å². The van der Waals surface area contributed by atoms with Gasteiger partial charge in [0.1, 0.15) is 0 Å². The number of halogens is 1. The molecular weight excluding hydrogens is 316 g/mol. The van der Waals surface area contributed by atoms with Gasteiger partial charge in [-0.25, -0.2) is 0 Å². The first-order valence-electron chi connectivity index (χ1n) is 6.25. The van der Waals surface area contributed by atoms with Crippen LogP contribution in [0.15, 0.2) is 65.9 Å². The second-order valence-corrected chi connectivity index (χ2v) is 5.27. The molecule has 0 aliphatic carbocycles. The molecule has 0 radical (unpaired) electrons. The van der Waals surface area contributed by atoms with Crippen LogP contribution in [0.3, 0.4) is 0 Å². The summed E-state index contributed by atoms with van der Waals surface area (Å²) in [7, 11) is 0. The molecule has 4 heteroatoms. The standard InChI is InChI=1S/C16H15BrN2O/c1-2-8-19(12-13-6-4-3-5-7-13)16(20)14-9-15(17)11-18-10-14/h2-7,9-11H,1,8,12H2. The SMILES string of the molecule is C=CCN(Cc1ccccc1)C(=O)c1cncc(Br)c1. The third kappa shape index (κ3) is 3.78. The largest absolute Gasteiger partial charge is 0.331 e. The Morgan fingerprint density at radius 2 is 2.05 bits per heavy atom. The van der Waals surface area contributed by atoms with E-state index >= 15 is 0 Å². The van der Waals surface area contributed by atoms with Crippen molar-refractivity contribution in [1.29, 1.82) is 0 Å². The maximum Gasteiger partial charge on any atom is 0.256 e. The van der Waals surface area contributed by atoms with Gasteiger partial charge in [-0.05, 0) is 27.6 Å². The van der Waals surface area contributed by atoms with Gasteiger partial charge in [0.2, 0.25) is 0 Å². The van der Waals surface area contributed by atoms with Gasteiger partial charge in [0, 0.05) is 30.0 Å². The molecule has 1 aromatic heterocycles. The molecule has 0 fully saturated rings. The lowest BCUT2D eigenvalue weighted by molar-refractivity contribution is 0.0762. The first-order chi connectivity index (χ1) is 9.70. The molecule has 0 atom stereocenters. The maximum atomic E-state index is 12.5. The molecule has 0 saturated heterocycles. The summed E-state index contributed by atoms with van der Waals surface area (Å²) in [4.78, 5) is 18.3. The Hall–Kier alpha value is -1.94. The lowest BCUT2D eigenvalue weighted by Crippen LogP contribution is -2.30. The van der Waals surface area contributed by atoms with Crippen molar-refractivity contribution >= 4 is 21.8 Å². The zero-order valence-corrected chi connectivity index (χ0v) is 12.6. The van der Waals surface area contributed by atoms with E-state index in [1.807, 2.05) is 30.3 Å². The summed E-state index contributed by atoms with van der Waals surface area (Å²) in [5.41, 5.74) is 1.66. The van der Waals surface area contributed by atoms with E-state index < -0.39 is 0 Å². The Kier molecular flexibility index (Phi) is 5.07. The molecule has 0 unspecified atom stereocenters. The highest BCUT2D eigenvalue weighted by atomic mass is 79.9. The zero-order chi connectivity index (χ0) is 14.4. The molecule has 0 bridgehead atoms. The fourth-order valence-electron chi connectivity index (χ4n) is 1.89. The van der Waals surface area contributed by atoms with Crippen LogP contribution in [-0.4, -0.2) is 22.3 Å². The summed E-state index contributed by atoms with van der Waals surface area (Å²) in [5, 5.41) is 0. The summed E-state index contributed by atoms with van der Waals surface area (Å²) in [6, 6.07) is 11.7. The summed E-state index contributed by atoms with van der Waals surface area (Å²) in [6.45, 7) is 4.77. The van der Waals surface area contributed by atoms with Crippen molar-refractivity contribution in [3.05, 3.63) is 77.0 Å². The topological polar surface area (TPSA) is 33.2 Å². The Morgan fingerprint density at radius 1 is 1.30 bits per heavy atom. The Balaban J connectivity index is 2.20. The minimum absolute atomic E-state index is 0.0532. The molecule has 3 nitrogen and oxygen atoms in total. The van der Waals surface area contributed by atoms with Crippen LogP contribution in [0.2, 0.25) is 0 Å². The quantitative estimate of drug-likeness (QED) is 0.783. The van der Waals surface area contributed by atoms with Gasteiger partial charge in [0.25, 0.3) is 5.91 Å². The number of hydrogen-bond acceptors (Lipinski definition) is 2. The van der Waals surface area contributed by atoms with Gasteiger partial charge in [-0.3, -0.25) is 9.78 Å². The van der Waals surface area contributed by atoms with Crippen molar-refractivity contribution in [1.82, 2.24) is 9.88 Å². The van der Waals surface area contributed by atoms with E-state index in [2.05, 4.69) is 27.5 Å². The van der Waals surface area contributed by atoms with Crippen molar-refractivity contribution in [3.8, 4) is 0 Å². The Labute approximate surface area is 127 Å². The van der Waals surface area contributed by atoms with Gasteiger partial charge >= 0.3 is 0 Å². The zero-order valence-electron chi connectivity index (χ0n) is 11.0. The highest BCUT2D eigenvalue weighted by Crippen LogP contribution is 2.13. The van der Waals surface area contributed by atoms with Gasteiger partial charge in [0.15, 0.2) is 0 Å². The molecule has 0 aliphatic heterocycles. The van der Waals surface area contributed by atoms with Crippen molar-refractivity contribution < 1.29 is 4.79 Å². The number of hydrogen-bond donors (Lipinski definition) is 0. The molecular formula is C16H15BrN2O. The predicted octanol–water partition coefficient (Wildman–Crippen LogP) is 3.67. The first kappa shape index (κ1) is 14.5. The lowest BCUT2D eigenvalue weighted by atomic mass is 10.2. The van der Waals surface area contributed by atoms with Crippen LogP contribution in [0.25, 0.3) is 0 Å².